The number of nitrogens with zero attached hydrogens (tertiary/aromatic N) is 1. The van der Waals surface area contributed by atoms with Gasteiger partial charge < -0.3 is 4.90 Å². The first-order valence-electron chi connectivity index (χ1n) is 23.0. The topological polar surface area (TPSA) is 3.24 Å². The Hall–Kier alpha value is -6.96. The van der Waals surface area contributed by atoms with Crippen LogP contribution in [-0.4, -0.2) is 4.90 Å². The van der Waals surface area contributed by atoms with Crippen LogP contribution in [0.5, 0.6) is 0 Å². The van der Waals surface area contributed by atoms with Crippen molar-refractivity contribution in [2.45, 2.75) is 72.1 Å². The molecule has 4 aromatic rings. The first kappa shape index (κ1) is 45.1. The number of hydrogen-bond donors (Lipinski definition) is 0. The Morgan fingerprint density at radius 1 is 0.750 bits per heavy atom. The maximum Gasteiger partial charge on any atom is 0.0455 e. The molecule has 3 aliphatic rings. The van der Waals surface area contributed by atoms with Crippen LogP contribution in [0.1, 0.15) is 110 Å². The van der Waals surface area contributed by atoms with Crippen molar-refractivity contribution in [1.82, 2.24) is 4.90 Å². The Kier molecular flexibility index (Phi) is 14.7. The molecule has 0 unspecified atom stereocenters. The normalized spacial score (nSPS) is 18.0. The van der Waals surface area contributed by atoms with Gasteiger partial charge in [0.1, 0.15) is 0 Å². The maximum absolute atomic E-state index is 4.47. The molecule has 64 heavy (non-hydrogen) atoms. The summed E-state index contributed by atoms with van der Waals surface area (Å²) in [7, 11) is 0. The second-order valence-corrected chi connectivity index (χ2v) is 16.7. The smallest absolute Gasteiger partial charge is 0.0455 e. The molecule has 7 rings (SSSR count). The van der Waals surface area contributed by atoms with Crippen LogP contribution in [0.25, 0.3) is 53.2 Å². The van der Waals surface area contributed by atoms with Crippen molar-refractivity contribution in [2.24, 2.45) is 0 Å². The highest BCUT2D eigenvalue weighted by Crippen LogP contribution is 2.49. The Morgan fingerprint density at radius 3 is 2.25 bits per heavy atom. The van der Waals surface area contributed by atoms with Gasteiger partial charge in [0, 0.05) is 35.3 Å². The summed E-state index contributed by atoms with van der Waals surface area (Å²) < 4.78 is 0. The van der Waals surface area contributed by atoms with Gasteiger partial charge in [-0.25, -0.2) is 0 Å². The van der Waals surface area contributed by atoms with Crippen LogP contribution in [0.3, 0.4) is 0 Å². The summed E-state index contributed by atoms with van der Waals surface area (Å²) in [6.07, 6.45) is 46.4. The third-order valence-electron chi connectivity index (χ3n) is 12.8. The molecule has 0 aromatic heterocycles. The van der Waals surface area contributed by atoms with Gasteiger partial charge in [0.2, 0.25) is 0 Å². The van der Waals surface area contributed by atoms with Gasteiger partial charge in [0.05, 0.1) is 0 Å². The quantitative estimate of drug-likeness (QED) is 0.0852. The molecule has 0 N–H and O–H groups in total. The van der Waals surface area contributed by atoms with Crippen LogP contribution in [0, 0.1) is 0 Å². The second kappa shape index (κ2) is 20.9. The number of allylic oxidation sites excluding steroid dienone is 17. The number of rotatable bonds is 15. The highest BCUT2D eigenvalue weighted by atomic mass is 15.2. The van der Waals surface area contributed by atoms with E-state index in [1.54, 1.807) is 0 Å². The Bertz CT molecular complexity index is 2770. The third-order valence-corrected chi connectivity index (χ3v) is 12.8. The monoisotopic (exact) mass is 833 g/mol. The van der Waals surface area contributed by atoms with E-state index < -0.39 is 0 Å². The predicted molar refractivity (Wildman–Crippen MR) is 283 cm³/mol. The summed E-state index contributed by atoms with van der Waals surface area (Å²) in [4.78, 5) is 2.52. The first-order valence-corrected chi connectivity index (χ1v) is 23.0. The minimum absolute atomic E-state index is 0.158. The van der Waals surface area contributed by atoms with Crippen LogP contribution in [-0.2, 0) is 11.8 Å². The Morgan fingerprint density at radius 2 is 1.53 bits per heavy atom. The highest BCUT2D eigenvalue weighted by Gasteiger charge is 2.38. The highest BCUT2D eigenvalue weighted by molar-refractivity contribution is 5.95. The summed E-state index contributed by atoms with van der Waals surface area (Å²) in [5, 5.41) is 0. The van der Waals surface area contributed by atoms with Crippen molar-refractivity contribution in [3.05, 3.63) is 256 Å². The van der Waals surface area contributed by atoms with Crippen molar-refractivity contribution in [2.75, 3.05) is 0 Å². The minimum Gasteiger partial charge on any atom is -0.318 e. The molecule has 0 aliphatic heterocycles. The average Bonchev–Trinajstić information content (AvgIpc) is 3.90. The lowest BCUT2D eigenvalue weighted by atomic mass is 9.72. The van der Waals surface area contributed by atoms with Gasteiger partial charge in [-0.05, 0) is 142 Å². The van der Waals surface area contributed by atoms with Crippen LogP contribution >= 0.6 is 0 Å². The van der Waals surface area contributed by atoms with Gasteiger partial charge in [-0.15, -0.1) is 0 Å². The molecular formula is C63H63N. The van der Waals surface area contributed by atoms with Gasteiger partial charge in [0.25, 0.3) is 0 Å². The fourth-order valence-electron chi connectivity index (χ4n) is 9.75. The van der Waals surface area contributed by atoms with Crippen LogP contribution in [0.15, 0.2) is 206 Å². The molecule has 4 aromatic carbocycles. The van der Waals surface area contributed by atoms with Crippen molar-refractivity contribution >= 4 is 42.0 Å². The summed E-state index contributed by atoms with van der Waals surface area (Å²) in [5.74, 6) is 0. The fraction of sp³-hybridized carbons (Fsp3) is 0.175. The predicted octanol–water partition coefficient (Wildman–Crippen LogP) is 17.5. The largest absolute Gasteiger partial charge is 0.318 e. The molecule has 0 atom stereocenters. The number of fused-ring (bicyclic) bond motifs is 2. The van der Waals surface area contributed by atoms with Gasteiger partial charge in [0.15, 0.2) is 0 Å². The van der Waals surface area contributed by atoms with E-state index in [0.717, 1.165) is 76.6 Å². The lowest BCUT2D eigenvalue weighted by molar-refractivity contribution is 0.479. The molecule has 0 saturated heterocycles. The van der Waals surface area contributed by atoms with Gasteiger partial charge >= 0.3 is 0 Å². The molecular weight excluding hydrogens is 771 g/mol. The third kappa shape index (κ3) is 9.36. The summed E-state index contributed by atoms with van der Waals surface area (Å²) >= 11 is 0. The van der Waals surface area contributed by atoms with Crippen molar-refractivity contribution in [3.63, 3.8) is 0 Å². The zero-order valence-electron chi connectivity index (χ0n) is 38.6. The fourth-order valence-corrected chi connectivity index (χ4v) is 9.75. The SMILES string of the molecule is C=C/C=C(\C=C/C)c1c(/C=C/c2ccc3c(c2)C(CC)(CC)C(/C=C(\C=C/C)N(C2=Cc4ccccc4C2)/C2=C/C/C=C\C=C/C(=C)C2)=C3)cc(-c2ccccc2)c(C=C)c1/C=C\C. The molecule has 0 bridgehead atoms. The van der Waals surface area contributed by atoms with Crippen LogP contribution in [0.2, 0.25) is 0 Å². The molecule has 1 heteroatoms. The minimum atomic E-state index is -0.158. The van der Waals surface area contributed by atoms with Gasteiger partial charge in [-0.3, -0.25) is 0 Å². The van der Waals surface area contributed by atoms with Crippen molar-refractivity contribution < 1.29 is 0 Å². The first-order chi connectivity index (χ1) is 31.3. The average molecular weight is 834 g/mol. The molecule has 0 spiro atoms. The summed E-state index contributed by atoms with van der Waals surface area (Å²) in [6, 6.07) is 28.8. The lowest BCUT2D eigenvalue weighted by Crippen LogP contribution is -2.26. The van der Waals surface area contributed by atoms with Gasteiger partial charge in [-0.2, -0.15) is 0 Å². The molecule has 0 fully saturated rings. The van der Waals surface area contributed by atoms with E-state index in [9.17, 15) is 0 Å². The van der Waals surface area contributed by atoms with E-state index in [4.69, 9.17) is 0 Å². The molecule has 1 nitrogen and oxygen atoms in total. The molecule has 3 aliphatic carbocycles. The standard InChI is InChI=1S/C63H63N/c1-9-25-49(26-10-2)62-53(44-60(48-30-20-18-21-31-48)58(13-5)59(62)28-12-4)38-36-47-35-37-52-41-54(63(14-6,15-7)61(52)40-47)45-55(27-11-3)64(56-34-22-17-16-19-29-46(8)39-56)57-42-50-32-23-24-33-51(50)43-57/h9-13,16-21,23-38,40-42,44-45H,1,5,8,14-15,22,39,43H2,2-4,6-7H3/b17-16-,26-10-,27-11-,28-12-,29-19-,38-36+,49-25+,55-45+,56-34+. The van der Waals surface area contributed by atoms with E-state index in [0.29, 0.717) is 0 Å². The number of hydrogen-bond acceptors (Lipinski definition) is 1. The Labute approximate surface area is 384 Å². The molecule has 0 saturated carbocycles. The molecule has 0 heterocycles. The number of benzene rings is 4. The van der Waals surface area contributed by atoms with E-state index in [-0.39, 0.29) is 5.41 Å². The van der Waals surface area contributed by atoms with E-state index in [1.807, 2.05) is 12.2 Å². The van der Waals surface area contributed by atoms with Gasteiger partial charge in [-0.1, -0.05) is 204 Å². The van der Waals surface area contributed by atoms with Crippen molar-refractivity contribution in [3.8, 4) is 11.1 Å². The van der Waals surface area contributed by atoms with E-state index in [2.05, 4.69) is 241 Å². The van der Waals surface area contributed by atoms with E-state index in [1.165, 1.54) is 50.5 Å². The molecule has 0 amide bonds. The maximum atomic E-state index is 4.47. The molecule has 320 valence electrons. The zero-order chi connectivity index (χ0) is 45.1. The van der Waals surface area contributed by atoms with Crippen LogP contribution < -0.4 is 0 Å². The Balaban J connectivity index is 1.34. The molecule has 0 radical (unpaired) electrons. The second-order valence-electron chi connectivity index (χ2n) is 16.7. The summed E-state index contributed by atoms with van der Waals surface area (Å²) in [6.45, 7) is 23.9. The summed E-state index contributed by atoms with van der Waals surface area (Å²) in [5.41, 5.74) is 20.5. The zero-order valence-corrected chi connectivity index (χ0v) is 38.6. The van der Waals surface area contributed by atoms with Crippen molar-refractivity contribution in [1.29, 1.82) is 0 Å². The van der Waals surface area contributed by atoms with E-state index >= 15 is 0 Å². The lowest BCUT2D eigenvalue weighted by Gasteiger charge is -2.34. The van der Waals surface area contributed by atoms with Crippen LogP contribution in [0.4, 0.5) is 0 Å².